The summed E-state index contributed by atoms with van der Waals surface area (Å²) in [5.41, 5.74) is 0.448. The lowest BCUT2D eigenvalue weighted by atomic mass is 10.1. The van der Waals surface area contributed by atoms with Crippen molar-refractivity contribution >= 4 is 22.8 Å². The van der Waals surface area contributed by atoms with Crippen LogP contribution in [-0.4, -0.2) is 25.3 Å². The van der Waals surface area contributed by atoms with Crippen molar-refractivity contribution < 1.29 is 22.0 Å². The van der Waals surface area contributed by atoms with E-state index in [4.69, 9.17) is 0 Å². The van der Waals surface area contributed by atoms with Crippen LogP contribution in [-0.2, 0) is 13.2 Å². The number of aromatic nitrogens is 4. The van der Waals surface area contributed by atoms with Crippen LogP contribution in [0.2, 0.25) is 0 Å². The number of rotatable bonds is 4. The summed E-state index contributed by atoms with van der Waals surface area (Å²) in [7, 11) is 1.65. The van der Waals surface area contributed by atoms with Crippen molar-refractivity contribution in [2.75, 3.05) is 5.75 Å². The van der Waals surface area contributed by atoms with Gasteiger partial charge in [-0.15, -0.1) is 11.8 Å². The molecule has 0 N–H and O–H groups in total. The fourth-order valence-corrected chi connectivity index (χ4v) is 3.95. The fourth-order valence-electron chi connectivity index (χ4n) is 3.20. The molecule has 4 nitrogen and oxygen atoms in total. The first-order chi connectivity index (χ1) is 14.7. The van der Waals surface area contributed by atoms with Gasteiger partial charge in [-0.2, -0.15) is 13.2 Å². The number of fused-ring (bicyclic) bond motifs is 1. The highest BCUT2D eigenvalue weighted by Gasteiger charge is 2.33. The number of halogens is 5. The number of hydrogen-bond acceptors (Lipinski definition) is 4. The maximum Gasteiger partial charge on any atom is 0.433 e. The molecule has 0 aliphatic heterocycles. The predicted molar refractivity (Wildman–Crippen MR) is 108 cm³/mol. The van der Waals surface area contributed by atoms with E-state index in [0.29, 0.717) is 28.5 Å². The fraction of sp³-hybridized carbons (Fsp3) is 0.190. The Morgan fingerprint density at radius 3 is 2.35 bits per heavy atom. The van der Waals surface area contributed by atoms with E-state index >= 15 is 0 Å². The molecule has 0 amide bonds. The highest BCUT2D eigenvalue weighted by molar-refractivity contribution is 7.99. The normalized spacial score (nSPS) is 12.0. The number of alkyl halides is 3. The van der Waals surface area contributed by atoms with Gasteiger partial charge in [0, 0.05) is 23.6 Å². The summed E-state index contributed by atoms with van der Waals surface area (Å²) in [5.74, 6) is -0.435. The Morgan fingerprint density at radius 1 is 1.00 bits per heavy atom. The van der Waals surface area contributed by atoms with Gasteiger partial charge in [-0.1, -0.05) is 6.92 Å². The molecule has 3 heterocycles. The Hall–Kier alpha value is -3.01. The summed E-state index contributed by atoms with van der Waals surface area (Å²) >= 11 is 1.47. The number of imidazole rings is 1. The molecule has 0 unspecified atom stereocenters. The van der Waals surface area contributed by atoms with Gasteiger partial charge in [-0.05, 0) is 36.1 Å². The first kappa shape index (κ1) is 21.2. The van der Waals surface area contributed by atoms with Crippen molar-refractivity contribution in [3.05, 3.63) is 59.9 Å². The van der Waals surface area contributed by atoms with E-state index in [2.05, 4.69) is 15.0 Å². The molecule has 160 valence electrons. The Morgan fingerprint density at radius 2 is 1.71 bits per heavy atom. The van der Waals surface area contributed by atoms with E-state index < -0.39 is 23.5 Å². The van der Waals surface area contributed by atoms with E-state index in [1.54, 1.807) is 23.7 Å². The largest absolute Gasteiger partial charge is 0.433 e. The molecule has 1 aromatic carbocycles. The molecule has 31 heavy (non-hydrogen) atoms. The number of hydrogen-bond donors (Lipinski definition) is 0. The topological polar surface area (TPSA) is 43.6 Å². The molecule has 0 fully saturated rings. The van der Waals surface area contributed by atoms with Crippen LogP contribution in [0.4, 0.5) is 22.0 Å². The Balaban J connectivity index is 1.91. The number of aryl methyl sites for hydroxylation is 1. The minimum atomic E-state index is -4.59. The molecule has 0 radical (unpaired) electrons. The smallest absolute Gasteiger partial charge is 0.325 e. The van der Waals surface area contributed by atoms with E-state index in [9.17, 15) is 22.0 Å². The van der Waals surface area contributed by atoms with Gasteiger partial charge in [-0.3, -0.25) is 0 Å². The second-order valence-corrected chi connectivity index (χ2v) is 7.99. The minimum Gasteiger partial charge on any atom is -0.325 e. The molecule has 3 aromatic heterocycles. The second-order valence-electron chi connectivity index (χ2n) is 6.68. The molecular formula is C21H15F5N4S. The van der Waals surface area contributed by atoms with E-state index in [-0.39, 0.29) is 11.1 Å². The maximum absolute atomic E-state index is 13.7. The lowest BCUT2D eigenvalue weighted by Gasteiger charge is -2.11. The first-order valence-electron chi connectivity index (χ1n) is 9.17. The molecule has 0 saturated carbocycles. The predicted octanol–water partition coefficient (Wildman–Crippen LogP) is 6.11. The highest BCUT2D eigenvalue weighted by atomic mass is 32.2. The van der Waals surface area contributed by atoms with E-state index in [0.717, 1.165) is 35.4 Å². The van der Waals surface area contributed by atoms with Gasteiger partial charge in [0.1, 0.15) is 23.0 Å². The molecule has 0 atom stereocenters. The van der Waals surface area contributed by atoms with Gasteiger partial charge in [0.2, 0.25) is 0 Å². The average Bonchev–Trinajstić information content (AvgIpc) is 3.03. The zero-order chi connectivity index (χ0) is 22.3. The monoisotopic (exact) mass is 450 g/mol. The average molecular weight is 450 g/mol. The summed E-state index contributed by atoms with van der Waals surface area (Å²) in [5, 5.41) is 0. The summed E-state index contributed by atoms with van der Waals surface area (Å²) < 4.78 is 68.1. The second kappa shape index (κ2) is 7.92. The molecule has 0 aliphatic rings. The number of benzene rings is 1. The quantitative estimate of drug-likeness (QED) is 0.278. The van der Waals surface area contributed by atoms with Crippen molar-refractivity contribution in [1.82, 2.24) is 19.5 Å². The molecule has 4 aromatic rings. The number of thioether (sulfide) groups is 1. The first-order valence-corrected chi connectivity index (χ1v) is 10.2. The third kappa shape index (κ3) is 4.12. The van der Waals surface area contributed by atoms with Crippen molar-refractivity contribution in [3.8, 4) is 22.8 Å². The van der Waals surface area contributed by atoms with Crippen molar-refractivity contribution in [1.29, 1.82) is 0 Å². The molecular weight excluding hydrogens is 435 g/mol. The Bertz CT molecular complexity index is 1260. The Labute approximate surface area is 178 Å². The van der Waals surface area contributed by atoms with Crippen LogP contribution >= 0.6 is 11.8 Å². The summed E-state index contributed by atoms with van der Waals surface area (Å²) in [4.78, 5) is 13.2. The van der Waals surface area contributed by atoms with Gasteiger partial charge in [-0.25, -0.2) is 23.7 Å². The lowest BCUT2D eigenvalue weighted by Crippen LogP contribution is -2.07. The van der Waals surface area contributed by atoms with E-state index in [1.165, 1.54) is 11.8 Å². The standard InChI is InChI=1S/C21H15F5N4S/c1-3-31-17-5-4-14(11-6-12(22)8-13(23)7-11)28-19(17)20-29-15-9-18(21(24,25)26)27-10-16(15)30(20)2/h4-10H,3H2,1-2H3. The third-order valence-corrected chi connectivity index (χ3v) is 5.51. The van der Waals surface area contributed by atoms with Gasteiger partial charge in [0.05, 0.1) is 22.9 Å². The van der Waals surface area contributed by atoms with Crippen molar-refractivity contribution in [3.63, 3.8) is 0 Å². The lowest BCUT2D eigenvalue weighted by molar-refractivity contribution is -0.141. The van der Waals surface area contributed by atoms with Gasteiger partial charge in [0.25, 0.3) is 0 Å². The van der Waals surface area contributed by atoms with Crippen LogP contribution < -0.4 is 0 Å². The highest BCUT2D eigenvalue weighted by Crippen LogP contribution is 2.35. The maximum atomic E-state index is 13.7. The number of nitrogens with zero attached hydrogens (tertiary/aromatic N) is 4. The third-order valence-electron chi connectivity index (χ3n) is 4.59. The molecule has 0 spiro atoms. The Kier molecular flexibility index (Phi) is 5.42. The number of pyridine rings is 2. The minimum absolute atomic E-state index is 0.122. The van der Waals surface area contributed by atoms with Gasteiger partial charge < -0.3 is 4.57 Å². The summed E-state index contributed by atoms with van der Waals surface area (Å²) in [6.07, 6.45) is -3.47. The molecule has 0 aliphatic carbocycles. The van der Waals surface area contributed by atoms with Gasteiger partial charge in [0.15, 0.2) is 5.82 Å². The van der Waals surface area contributed by atoms with Crippen LogP contribution in [0, 0.1) is 11.6 Å². The summed E-state index contributed by atoms with van der Waals surface area (Å²) in [6.45, 7) is 1.94. The molecule has 0 saturated heterocycles. The zero-order valence-electron chi connectivity index (χ0n) is 16.3. The van der Waals surface area contributed by atoms with E-state index in [1.807, 2.05) is 6.92 Å². The molecule has 4 rings (SSSR count). The van der Waals surface area contributed by atoms with Crippen molar-refractivity contribution in [2.45, 2.75) is 18.0 Å². The summed E-state index contributed by atoms with van der Waals surface area (Å²) in [6, 6.07) is 7.38. The SMILES string of the molecule is CCSc1ccc(-c2cc(F)cc(F)c2)nc1-c1nc2cc(C(F)(F)F)ncc2n1C. The molecule has 10 heteroatoms. The van der Waals surface area contributed by atoms with Crippen LogP contribution in [0.5, 0.6) is 0 Å². The van der Waals surface area contributed by atoms with Crippen molar-refractivity contribution in [2.24, 2.45) is 7.05 Å². The zero-order valence-corrected chi connectivity index (χ0v) is 17.2. The van der Waals surface area contributed by atoms with Crippen LogP contribution in [0.3, 0.4) is 0 Å². The van der Waals surface area contributed by atoms with Crippen LogP contribution in [0.15, 0.2) is 47.5 Å². The molecule has 0 bridgehead atoms. The van der Waals surface area contributed by atoms with Gasteiger partial charge >= 0.3 is 6.18 Å². The van der Waals surface area contributed by atoms with Crippen LogP contribution in [0.25, 0.3) is 33.8 Å². The van der Waals surface area contributed by atoms with Crippen LogP contribution in [0.1, 0.15) is 12.6 Å².